The van der Waals surface area contributed by atoms with Crippen molar-refractivity contribution in [1.29, 1.82) is 0 Å². The average molecular weight is 527 g/mol. The van der Waals surface area contributed by atoms with Gasteiger partial charge < -0.3 is 4.74 Å². The second kappa shape index (κ2) is 10.7. The van der Waals surface area contributed by atoms with Crippen molar-refractivity contribution in [2.45, 2.75) is 66.5 Å². The maximum atomic E-state index is 13.2. The molecular weight excluding hydrogens is 492 g/mol. The number of carbonyl (C=O) groups is 1. The van der Waals surface area contributed by atoms with Crippen molar-refractivity contribution in [2.75, 3.05) is 0 Å². The van der Waals surface area contributed by atoms with Gasteiger partial charge >= 0.3 is 5.97 Å². The molecule has 2 atom stereocenters. The third-order valence-corrected chi connectivity index (χ3v) is 8.31. The molecule has 6 nitrogen and oxygen atoms in total. The number of aryl methyl sites for hydroxylation is 2. The molecule has 5 rings (SSSR count). The van der Waals surface area contributed by atoms with Gasteiger partial charge in [-0.1, -0.05) is 62.4 Å². The number of rotatable bonds is 7. The van der Waals surface area contributed by atoms with Crippen molar-refractivity contribution in [3.63, 3.8) is 0 Å². The molecule has 0 radical (unpaired) electrons. The van der Waals surface area contributed by atoms with Crippen LogP contribution in [0.2, 0.25) is 0 Å². The molecular formula is C31H34N4O2S. The number of nitrogens with zero attached hydrogens (tertiary/aromatic N) is 4. The third-order valence-electron chi connectivity index (χ3n) is 7.03. The molecule has 0 bridgehead atoms. The molecule has 2 unspecified atom stereocenters. The van der Waals surface area contributed by atoms with Crippen molar-refractivity contribution in [1.82, 2.24) is 14.8 Å². The first-order valence-corrected chi connectivity index (χ1v) is 14.0. The van der Waals surface area contributed by atoms with Crippen molar-refractivity contribution in [2.24, 2.45) is 10.9 Å². The van der Waals surface area contributed by atoms with E-state index in [1.54, 1.807) is 11.3 Å². The largest absolute Gasteiger partial charge is 0.456 e. The summed E-state index contributed by atoms with van der Waals surface area (Å²) in [5.74, 6) is 1.64. The topological polar surface area (TPSA) is 69.4 Å². The summed E-state index contributed by atoms with van der Waals surface area (Å²) in [7, 11) is 0. The standard InChI is InChI=1S/C31H34N4O2S/c1-18(2)15-23-11-13-24(14-12-23)20(4)31(36)37-21(5)27-16-26-29(25-10-8-7-9-19(25)3)32-17-28-34-33-22(6)35(28)30(26)38-27/h7-14,16,18,20-21H,15,17H2,1-6H3. The van der Waals surface area contributed by atoms with Crippen LogP contribution < -0.4 is 0 Å². The van der Waals surface area contributed by atoms with Crippen LogP contribution in [0.5, 0.6) is 0 Å². The Morgan fingerprint density at radius 1 is 1.00 bits per heavy atom. The molecule has 196 valence electrons. The average Bonchev–Trinajstić information content (AvgIpc) is 3.44. The number of aromatic nitrogens is 3. The Balaban J connectivity index is 1.43. The fourth-order valence-electron chi connectivity index (χ4n) is 4.90. The number of thiophene rings is 1. The first kappa shape index (κ1) is 26.0. The van der Waals surface area contributed by atoms with Gasteiger partial charge in [0.05, 0.1) is 11.6 Å². The molecule has 0 saturated heterocycles. The van der Waals surface area contributed by atoms with Gasteiger partial charge in [-0.05, 0) is 62.8 Å². The smallest absolute Gasteiger partial charge is 0.313 e. The summed E-state index contributed by atoms with van der Waals surface area (Å²) < 4.78 is 8.09. The van der Waals surface area contributed by atoms with Gasteiger partial charge in [0.1, 0.15) is 23.5 Å². The second-order valence-corrected chi connectivity index (χ2v) is 11.5. The molecule has 1 aliphatic rings. The van der Waals surface area contributed by atoms with Gasteiger partial charge in [-0.3, -0.25) is 14.4 Å². The minimum absolute atomic E-state index is 0.230. The zero-order valence-electron chi connectivity index (χ0n) is 22.9. The maximum absolute atomic E-state index is 13.2. The van der Waals surface area contributed by atoms with Crippen molar-refractivity contribution in [3.05, 3.63) is 98.9 Å². The molecule has 0 spiro atoms. The molecule has 3 heterocycles. The van der Waals surface area contributed by atoms with E-state index in [1.807, 2.05) is 45.0 Å². The van der Waals surface area contributed by atoms with Crippen molar-refractivity contribution < 1.29 is 9.53 Å². The lowest BCUT2D eigenvalue weighted by molar-refractivity contribution is -0.149. The van der Waals surface area contributed by atoms with Crippen LogP contribution in [0.3, 0.4) is 0 Å². The third kappa shape index (κ3) is 5.07. The zero-order chi connectivity index (χ0) is 27.0. The Morgan fingerprint density at radius 3 is 2.45 bits per heavy atom. The van der Waals surface area contributed by atoms with Gasteiger partial charge in [0.15, 0.2) is 5.82 Å². The fraction of sp³-hybridized carbons (Fsp3) is 0.355. The van der Waals surface area contributed by atoms with Crippen LogP contribution in [0.4, 0.5) is 0 Å². The van der Waals surface area contributed by atoms with E-state index >= 15 is 0 Å². The molecule has 0 aliphatic carbocycles. The lowest BCUT2D eigenvalue weighted by atomic mass is 9.97. The summed E-state index contributed by atoms with van der Waals surface area (Å²) in [6.07, 6.45) is 0.626. The minimum Gasteiger partial charge on any atom is -0.456 e. The highest BCUT2D eigenvalue weighted by molar-refractivity contribution is 7.15. The fourth-order valence-corrected chi connectivity index (χ4v) is 6.11. The Kier molecular flexibility index (Phi) is 7.30. The van der Waals surface area contributed by atoms with Crippen LogP contribution in [0.15, 0.2) is 59.6 Å². The van der Waals surface area contributed by atoms with Gasteiger partial charge in [0.25, 0.3) is 0 Å². The van der Waals surface area contributed by atoms with Gasteiger partial charge in [-0.2, -0.15) is 0 Å². The molecule has 7 heteroatoms. The van der Waals surface area contributed by atoms with E-state index in [9.17, 15) is 4.79 Å². The van der Waals surface area contributed by atoms with E-state index in [4.69, 9.17) is 9.73 Å². The minimum atomic E-state index is -0.402. The van der Waals surface area contributed by atoms with Crippen LogP contribution in [-0.4, -0.2) is 26.4 Å². The summed E-state index contributed by atoms with van der Waals surface area (Å²) in [6, 6.07) is 18.7. The molecule has 1 aliphatic heterocycles. The number of carbonyl (C=O) groups excluding carboxylic acids is 1. The monoisotopic (exact) mass is 526 g/mol. The Hall–Kier alpha value is -3.58. The Labute approximate surface area is 228 Å². The first-order chi connectivity index (χ1) is 18.2. The van der Waals surface area contributed by atoms with Crippen molar-refractivity contribution in [3.8, 4) is 5.00 Å². The van der Waals surface area contributed by atoms with E-state index < -0.39 is 6.10 Å². The lowest BCUT2D eigenvalue weighted by Crippen LogP contribution is -2.15. The number of hydrogen-bond acceptors (Lipinski definition) is 6. The Morgan fingerprint density at radius 2 is 1.74 bits per heavy atom. The van der Waals surface area contributed by atoms with Gasteiger partial charge in [-0.15, -0.1) is 21.5 Å². The highest BCUT2D eigenvalue weighted by Gasteiger charge is 2.28. The van der Waals surface area contributed by atoms with Gasteiger partial charge in [0, 0.05) is 16.0 Å². The SMILES string of the molecule is Cc1ccccc1C1=NCc2nnc(C)n2-c2sc(C(C)OC(=O)C(C)c3ccc(CC(C)C)cc3)cc21. The number of fused-ring (bicyclic) bond motifs is 3. The van der Waals surface area contributed by atoms with E-state index in [2.05, 4.69) is 65.9 Å². The van der Waals surface area contributed by atoms with Crippen molar-refractivity contribution >= 4 is 23.0 Å². The molecule has 0 amide bonds. The van der Waals surface area contributed by atoms with E-state index in [0.29, 0.717) is 12.5 Å². The highest BCUT2D eigenvalue weighted by Crippen LogP contribution is 2.37. The molecule has 2 aromatic heterocycles. The summed E-state index contributed by atoms with van der Waals surface area (Å²) in [5.41, 5.74) is 6.44. The molecule has 0 fully saturated rings. The highest BCUT2D eigenvalue weighted by atomic mass is 32.1. The van der Waals surface area contributed by atoms with E-state index in [0.717, 1.165) is 55.9 Å². The van der Waals surface area contributed by atoms with Crippen LogP contribution >= 0.6 is 11.3 Å². The molecule has 2 aromatic carbocycles. The Bertz CT molecular complexity index is 1500. The predicted octanol–water partition coefficient (Wildman–Crippen LogP) is 6.90. The quantitative estimate of drug-likeness (QED) is 0.246. The molecule has 38 heavy (non-hydrogen) atoms. The lowest BCUT2D eigenvalue weighted by Gasteiger charge is -2.17. The molecule has 0 saturated carbocycles. The summed E-state index contributed by atoms with van der Waals surface area (Å²) in [4.78, 5) is 19.1. The number of benzene rings is 2. The van der Waals surface area contributed by atoms with Crippen LogP contribution in [0, 0.1) is 19.8 Å². The number of esters is 1. The van der Waals surface area contributed by atoms with Gasteiger partial charge in [0.2, 0.25) is 0 Å². The summed E-state index contributed by atoms with van der Waals surface area (Å²) >= 11 is 1.60. The number of aliphatic imine (C=N–C) groups is 1. The number of ether oxygens (including phenoxy) is 1. The second-order valence-electron chi connectivity index (χ2n) is 10.5. The van der Waals surface area contributed by atoms with Crippen LogP contribution in [-0.2, 0) is 22.5 Å². The zero-order valence-corrected chi connectivity index (χ0v) is 23.7. The summed E-state index contributed by atoms with van der Waals surface area (Å²) in [5, 5.41) is 9.68. The number of hydrogen-bond donors (Lipinski definition) is 0. The van der Waals surface area contributed by atoms with Crippen LogP contribution in [0.25, 0.3) is 5.00 Å². The maximum Gasteiger partial charge on any atom is 0.313 e. The van der Waals surface area contributed by atoms with E-state index in [-0.39, 0.29) is 11.9 Å². The molecule has 0 N–H and O–H groups in total. The molecule has 4 aromatic rings. The first-order valence-electron chi connectivity index (χ1n) is 13.2. The predicted molar refractivity (Wildman–Crippen MR) is 152 cm³/mol. The van der Waals surface area contributed by atoms with E-state index in [1.165, 1.54) is 5.56 Å². The normalized spacial score (nSPS) is 14.3. The van der Waals surface area contributed by atoms with Gasteiger partial charge in [-0.25, -0.2) is 0 Å². The summed E-state index contributed by atoms with van der Waals surface area (Å²) in [6.45, 7) is 12.8. The van der Waals surface area contributed by atoms with Crippen LogP contribution in [0.1, 0.15) is 84.1 Å².